The molecule has 118 valence electrons. The number of nitrogens with zero attached hydrogens (tertiary/aromatic N) is 2. The lowest BCUT2D eigenvalue weighted by atomic mass is 9.91. The van der Waals surface area contributed by atoms with Crippen molar-refractivity contribution in [2.24, 2.45) is 5.92 Å². The zero-order valence-electron chi connectivity index (χ0n) is 13.0. The third kappa shape index (κ3) is 3.06. The summed E-state index contributed by atoms with van der Waals surface area (Å²) in [5.74, 6) is 1.56. The molecule has 0 bridgehead atoms. The summed E-state index contributed by atoms with van der Waals surface area (Å²) >= 11 is 6.22. The van der Waals surface area contributed by atoms with Crippen LogP contribution >= 0.6 is 11.6 Å². The number of fused-ring (bicyclic) bond motifs is 1. The first kappa shape index (κ1) is 14.6. The zero-order chi connectivity index (χ0) is 15.6. The number of pyridine rings is 1. The number of rotatable bonds is 4. The summed E-state index contributed by atoms with van der Waals surface area (Å²) < 4.78 is 2.05. The number of anilines is 1. The fourth-order valence-corrected chi connectivity index (χ4v) is 3.83. The summed E-state index contributed by atoms with van der Waals surface area (Å²) in [4.78, 5) is 4.69. The third-order valence-electron chi connectivity index (χ3n) is 4.75. The second kappa shape index (κ2) is 6.25. The van der Waals surface area contributed by atoms with E-state index in [4.69, 9.17) is 16.6 Å². The van der Waals surface area contributed by atoms with Gasteiger partial charge in [-0.1, -0.05) is 42.6 Å². The molecule has 1 aromatic carbocycles. The topological polar surface area (TPSA) is 29.3 Å². The molecule has 4 rings (SSSR count). The minimum absolute atomic E-state index is 0.265. The fourth-order valence-electron chi connectivity index (χ4n) is 3.63. The molecular weight excluding hydrogens is 306 g/mol. The predicted molar refractivity (Wildman–Crippen MR) is 95.0 cm³/mol. The van der Waals surface area contributed by atoms with Gasteiger partial charge in [-0.15, -0.1) is 0 Å². The normalized spacial score (nSPS) is 16.7. The van der Waals surface area contributed by atoms with Gasteiger partial charge in [0, 0.05) is 11.2 Å². The van der Waals surface area contributed by atoms with Gasteiger partial charge < -0.3 is 9.72 Å². The molecule has 1 aliphatic rings. The van der Waals surface area contributed by atoms with E-state index in [1.165, 1.54) is 31.2 Å². The monoisotopic (exact) mass is 325 g/mol. The van der Waals surface area contributed by atoms with E-state index in [0.29, 0.717) is 5.92 Å². The SMILES string of the molecule is Clc1cccc([C@@H](Nc2cn3ccccc3n2)C2CCCC2)c1. The molecule has 1 atom stereocenters. The van der Waals surface area contributed by atoms with E-state index in [2.05, 4.69) is 23.6 Å². The van der Waals surface area contributed by atoms with Crippen LogP contribution in [0.5, 0.6) is 0 Å². The van der Waals surface area contributed by atoms with E-state index in [9.17, 15) is 0 Å². The molecule has 0 unspecified atom stereocenters. The van der Waals surface area contributed by atoms with Crippen LogP contribution in [0.15, 0.2) is 54.9 Å². The van der Waals surface area contributed by atoms with Gasteiger partial charge in [0.05, 0.1) is 12.2 Å². The van der Waals surface area contributed by atoms with E-state index >= 15 is 0 Å². The van der Waals surface area contributed by atoms with Crippen LogP contribution in [0.2, 0.25) is 5.02 Å². The molecule has 1 N–H and O–H groups in total. The van der Waals surface area contributed by atoms with Gasteiger partial charge in [0.15, 0.2) is 0 Å². The smallest absolute Gasteiger partial charge is 0.145 e. The summed E-state index contributed by atoms with van der Waals surface area (Å²) in [5.41, 5.74) is 2.22. The van der Waals surface area contributed by atoms with E-state index < -0.39 is 0 Å². The Bertz CT molecular complexity index is 772. The van der Waals surface area contributed by atoms with Gasteiger partial charge in [-0.2, -0.15) is 0 Å². The highest BCUT2D eigenvalue weighted by Gasteiger charge is 2.27. The van der Waals surface area contributed by atoms with Crippen LogP contribution in [0.25, 0.3) is 5.65 Å². The van der Waals surface area contributed by atoms with Crippen LogP contribution in [0, 0.1) is 5.92 Å². The van der Waals surface area contributed by atoms with Crippen molar-refractivity contribution in [2.45, 2.75) is 31.7 Å². The van der Waals surface area contributed by atoms with Crippen molar-refractivity contribution >= 4 is 23.1 Å². The number of imidazole rings is 1. The molecule has 1 fully saturated rings. The largest absolute Gasteiger partial charge is 0.362 e. The average molecular weight is 326 g/mol. The number of aromatic nitrogens is 2. The molecule has 0 radical (unpaired) electrons. The second-order valence-corrected chi connectivity index (χ2v) is 6.75. The molecule has 0 saturated heterocycles. The van der Waals surface area contributed by atoms with Gasteiger partial charge in [-0.3, -0.25) is 0 Å². The molecule has 4 heteroatoms. The zero-order valence-corrected chi connectivity index (χ0v) is 13.7. The molecule has 0 amide bonds. The molecule has 3 nitrogen and oxygen atoms in total. The van der Waals surface area contributed by atoms with Crippen LogP contribution in [0.1, 0.15) is 37.3 Å². The number of hydrogen-bond acceptors (Lipinski definition) is 2. The Morgan fingerprint density at radius 1 is 1.13 bits per heavy atom. The Balaban J connectivity index is 1.67. The van der Waals surface area contributed by atoms with Gasteiger partial charge in [-0.25, -0.2) is 4.98 Å². The van der Waals surface area contributed by atoms with E-state index in [-0.39, 0.29) is 6.04 Å². The van der Waals surface area contributed by atoms with E-state index in [1.54, 1.807) is 0 Å². The molecular formula is C19H20ClN3. The minimum atomic E-state index is 0.265. The van der Waals surface area contributed by atoms with Gasteiger partial charge in [0.1, 0.15) is 11.5 Å². The summed E-state index contributed by atoms with van der Waals surface area (Å²) in [7, 11) is 0. The van der Waals surface area contributed by atoms with E-state index in [0.717, 1.165) is 16.5 Å². The second-order valence-electron chi connectivity index (χ2n) is 6.31. The van der Waals surface area contributed by atoms with E-state index in [1.807, 2.05) is 40.9 Å². The molecule has 0 spiro atoms. The maximum absolute atomic E-state index is 6.22. The molecule has 1 aliphatic carbocycles. The predicted octanol–water partition coefficient (Wildman–Crippen LogP) is 5.33. The summed E-state index contributed by atoms with van der Waals surface area (Å²) in [6.45, 7) is 0. The van der Waals surface area contributed by atoms with Crippen molar-refractivity contribution in [3.63, 3.8) is 0 Å². The molecule has 23 heavy (non-hydrogen) atoms. The quantitative estimate of drug-likeness (QED) is 0.702. The van der Waals surface area contributed by atoms with Crippen molar-refractivity contribution in [3.8, 4) is 0 Å². The number of hydrogen-bond donors (Lipinski definition) is 1. The summed E-state index contributed by atoms with van der Waals surface area (Å²) in [5, 5.41) is 4.46. The Morgan fingerprint density at radius 3 is 2.78 bits per heavy atom. The lowest BCUT2D eigenvalue weighted by Gasteiger charge is -2.25. The van der Waals surface area contributed by atoms with Gasteiger partial charge in [0.25, 0.3) is 0 Å². The Hall–Kier alpha value is -2.00. The van der Waals surface area contributed by atoms with Crippen molar-refractivity contribution in [1.82, 2.24) is 9.38 Å². The summed E-state index contributed by atoms with van der Waals surface area (Å²) in [6.07, 6.45) is 9.23. The minimum Gasteiger partial charge on any atom is -0.362 e. The van der Waals surface area contributed by atoms with Crippen LogP contribution in [0.3, 0.4) is 0 Å². The number of halogens is 1. The highest BCUT2D eigenvalue weighted by atomic mass is 35.5. The van der Waals surface area contributed by atoms with Crippen molar-refractivity contribution in [2.75, 3.05) is 5.32 Å². The Morgan fingerprint density at radius 2 is 2.00 bits per heavy atom. The van der Waals surface area contributed by atoms with Gasteiger partial charge in [0.2, 0.25) is 0 Å². The Kier molecular flexibility index (Phi) is 3.96. The molecule has 3 aromatic rings. The first-order chi connectivity index (χ1) is 11.3. The maximum Gasteiger partial charge on any atom is 0.145 e. The molecule has 2 heterocycles. The highest BCUT2D eigenvalue weighted by Crippen LogP contribution is 2.38. The van der Waals surface area contributed by atoms with Crippen LogP contribution in [-0.4, -0.2) is 9.38 Å². The first-order valence-corrected chi connectivity index (χ1v) is 8.63. The standard InChI is InChI=1S/C19H20ClN3/c20-16-9-5-8-15(12-16)19(14-6-1-2-7-14)22-17-13-23-11-4-3-10-18(23)21-17/h3-5,8-14,19,22H,1-2,6-7H2/t19-/m0/s1. The number of benzene rings is 1. The first-order valence-electron chi connectivity index (χ1n) is 8.25. The molecule has 2 aromatic heterocycles. The summed E-state index contributed by atoms with van der Waals surface area (Å²) in [6, 6.07) is 14.5. The third-order valence-corrected chi connectivity index (χ3v) is 4.98. The van der Waals surface area contributed by atoms with Crippen LogP contribution in [-0.2, 0) is 0 Å². The van der Waals surface area contributed by atoms with Crippen molar-refractivity contribution < 1.29 is 0 Å². The lowest BCUT2D eigenvalue weighted by Crippen LogP contribution is -2.19. The number of nitrogens with one attached hydrogen (secondary N) is 1. The highest BCUT2D eigenvalue weighted by molar-refractivity contribution is 6.30. The average Bonchev–Trinajstić information content (AvgIpc) is 3.21. The maximum atomic E-state index is 6.22. The lowest BCUT2D eigenvalue weighted by molar-refractivity contribution is 0.469. The molecule has 1 saturated carbocycles. The Labute approximate surface area is 141 Å². The van der Waals surface area contributed by atoms with Crippen molar-refractivity contribution in [3.05, 3.63) is 65.4 Å². The molecule has 0 aliphatic heterocycles. The van der Waals surface area contributed by atoms with Crippen molar-refractivity contribution in [1.29, 1.82) is 0 Å². The fraction of sp³-hybridized carbons (Fsp3) is 0.316. The van der Waals surface area contributed by atoms with Crippen LogP contribution < -0.4 is 5.32 Å². The van der Waals surface area contributed by atoms with Gasteiger partial charge in [-0.05, 0) is 48.6 Å². The van der Waals surface area contributed by atoms with Gasteiger partial charge >= 0.3 is 0 Å². The van der Waals surface area contributed by atoms with Crippen LogP contribution in [0.4, 0.5) is 5.82 Å².